The van der Waals surface area contributed by atoms with Crippen LogP contribution in [0, 0.1) is 5.92 Å². The van der Waals surface area contributed by atoms with Gasteiger partial charge in [0.1, 0.15) is 13.2 Å². The van der Waals surface area contributed by atoms with Gasteiger partial charge in [-0.25, -0.2) is 0 Å². The monoisotopic (exact) mass is 352 g/mol. The summed E-state index contributed by atoms with van der Waals surface area (Å²) in [6, 6.07) is 3.88. The maximum absolute atomic E-state index is 12.5. The summed E-state index contributed by atoms with van der Waals surface area (Å²) in [4.78, 5) is 35.5. The third-order valence-electron chi connectivity index (χ3n) is 3.69. The van der Waals surface area contributed by atoms with E-state index < -0.39 is 36.3 Å². The lowest BCUT2D eigenvalue weighted by atomic mass is 10.0. The molecule has 0 heterocycles. The minimum Gasteiger partial charge on any atom is -0.508 e. The number of nitrogens with one attached hydrogen (secondary N) is 2. The van der Waals surface area contributed by atoms with Crippen molar-refractivity contribution >= 4 is 17.8 Å². The Morgan fingerprint density at radius 3 is 2.20 bits per heavy atom. The molecule has 25 heavy (non-hydrogen) atoms. The largest absolute Gasteiger partial charge is 0.508 e. The fraction of sp³-hybridized carbons (Fsp3) is 0.471. The first-order valence-corrected chi connectivity index (χ1v) is 7.94. The molecule has 0 aliphatic carbocycles. The maximum atomic E-state index is 12.5. The molecule has 1 aromatic rings. The summed E-state index contributed by atoms with van der Waals surface area (Å²) in [5, 5.41) is 23.4. The smallest absolute Gasteiger partial charge is 0.305 e. The van der Waals surface area contributed by atoms with Crippen LogP contribution in [0.15, 0.2) is 24.3 Å². The summed E-state index contributed by atoms with van der Waals surface area (Å²) in [5.74, 6) is -2.51. The average Bonchev–Trinajstić information content (AvgIpc) is 2.57. The predicted octanol–water partition coefficient (Wildman–Crippen LogP) is 0.512. The highest BCUT2D eigenvalue weighted by Gasteiger charge is 2.28. The van der Waals surface area contributed by atoms with Crippen molar-refractivity contribution in [3.8, 4) is 5.75 Å². The number of hydrogen-bond acceptors (Lipinski definition) is 5. The number of carboxylic acid groups (broad SMARTS) is 1. The Balaban J connectivity index is 2.78. The topological polar surface area (TPSA) is 142 Å². The zero-order chi connectivity index (χ0) is 19.9. The molecular formula is C17H25N3O5. The molecule has 8 nitrogen and oxygen atoms in total. The van der Waals surface area contributed by atoms with Crippen molar-refractivity contribution in [3.63, 3.8) is 0 Å². The van der Waals surface area contributed by atoms with Gasteiger partial charge in [0, 0.05) is 0 Å². The van der Waals surface area contributed by atoms with Crippen LogP contribution in [0.3, 0.4) is 0 Å². The minimum absolute atomic E-state index is 0.118. The highest BCUT2D eigenvalue weighted by atomic mass is 16.4. The Hall–Kier alpha value is -2.61. The zero-order valence-corrected chi connectivity index (χ0v) is 14.4. The number of rotatable bonds is 9. The van der Waals surface area contributed by atoms with Crippen LogP contribution in [0.5, 0.6) is 5.75 Å². The molecule has 0 aliphatic heterocycles. The number of nitrogens with two attached hydrogens (primary N) is 1. The van der Waals surface area contributed by atoms with Crippen molar-refractivity contribution in [2.75, 3.05) is 0 Å². The minimum atomic E-state index is -1.25. The molecule has 1 rings (SSSR count). The summed E-state index contributed by atoms with van der Waals surface area (Å²) in [7, 11) is 0. The normalized spacial score (nSPS) is 15.0. The standard InChI is InChI=1S/C17H25N3O5/c1-9(2)15(20-16(24)13(18)8-14(22)23)17(25)19-10(3)11-4-6-12(21)7-5-11/h4-7,9-10,13,15,21H,8,18H2,1-3H3,(H,19,25)(H,20,24)(H,22,23)/t10-,13+,15+/m1/s1/i/hD. The van der Waals surface area contributed by atoms with Gasteiger partial charge in [0.05, 0.1) is 18.5 Å². The summed E-state index contributed by atoms with van der Waals surface area (Å²) < 4.78 is 7.09. The summed E-state index contributed by atoms with van der Waals surface area (Å²) in [5.41, 5.74) is 2.67. The molecule has 6 N–H and O–H groups in total. The molecule has 8 heteroatoms. The summed E-state index contributed by atoms with van der Waals surface area (Å²) in [6.45, 7) is 5.26. The first-order chi connectivity index (χ1) is 12.1. The van der Waals surface area contributed by atoms with Crippen LogP contribution in [0.25, 0.3) is 0 Å². The van der Waals surface area contributed by atoms with E-state index in [2.05, 4.69) is 10.6 Å². The Bertz CT molecular complexity index is 636. The van der Waals surface area contributed by atoms with Crippen molar-refractivity contribution in [1.82, 2.24) is 10.6 Å². The highest BCUT2D eigenvalue weighted by Crippen LogP contribution is 2.17. The van der Waals surface area contributed by atoms with Crippen LogP contribution in [-0.2, 0) is 14.4 Å². The summed E-state index contributed by atoms with van der Waals surface area (Å²) in [6.07, 6.45) is -0.564. The number of carbonyl (C=O) groups is 3. The lowest BCUT2D eigenvalue weighted by Gasteiger charge is -2.25. The third kappa shape index (κ3) is 6.42. The van der Waals surface area contributed by atoms with Crippen LogP contribution in [-0.4, -0.2) is 40.1 Å². The molecule has 2 amide bonds. The fourth-order valence-electron chi connectivity index (χ4n) is 2.21. The SMILES string of the molecule is [2H]N[C@@H](CC(=O)O)C(=O)N[C@H](C(=O)N[C@H](C)c1ccc(O)cc1)C(C)C. The number of phenolic OH excluding ortho intramolecular Hbond substituents is 1. The van der Waals surface area contributed by atoms with E-state index in [0.717, 1.165) is 5.56 Å². The van der Waals surface area contributed by atoms with Crippen molar-refractivity contribution in [2.45, 2.75) is 45.3 Å². The number of aromatic hydroxyl groups is 1. The number of amides is 2. The number of carbonyl (C=O) groups excluding carboxylic acids is 2. The molecule has 0 saturated carbocycles. The molecule has 0 aliphatic rings. The third-order valence-corrected chi connectivity index (χ3v) is 3.69. The number of carboxylic acids is 1. The van der Waals surface area contributed by atoms with Crippen LogP contribution in [0.4, 0.5) is 0 Å². The van der Waals surface area contributed by atoms with E-state index in [0.29, 0.717) is 0 Å². The lowest BCUT2D eigenvalue weighted by molar-refractivity contribution is -0.139. The van der Waals surface area contributed by atoms with Crippen molar-refractivity contribution < 1.29 is 26.0 Å². The van der Waals surface area contributed by atoms with Gasteiger partial charge in [0.2, 0.25) is 11.8 Å². The highest BCUT2D eigenvalue weighted by molar-refractivity contribution is 5.91. The van der Waals surface area contributed by atoms with E-state index >= 15 is 0 Å². The first kappa shape index (κ1) is 18.7. The second-order valence-electron chi connectivity index (χ2n) is 6.20. The van der Waals surface area contributed by atoms with Gasteiger partial charge in [0.25, 0.3) is 0 Å². The van der Waals surface area contributed by atoms with Gasteiger partial charge >= 0.3 is 5.97 Å². The second-order valence-corrected chi connectivity index (χ2v) is 6.20. The van der Waals surface area contributed by atoms with Crippen molar-refractivity contribution in [2.24, 2.45) is 11.6 Å². The van der Waals surface area contributed by atoms with Crippen LogP contribution in [0.1, 0.15) is 38.8 Å². The van der Waals surface area contributed by atoms with Gasteiger partial charge in [0.15, 0.2) is 0 Å². The van der Waals surface area contributed by atoms with Gasteiger partial charge in [-0.1, -0.05) is 26.0 Å². The molecule has 0 bridgehead atoms. The number of hydrogen-bond donors (Lipinski definition) is 5. The predicted molar refractivity (Wildman–Crippen MR) is 91.7 cm³/mol. The fourth-order valence-corrected chi connectivity index (χ4v) is 2.21. The van der Waals surface area contributed by atoms with Gasteiger partial charge in [-0.05, 0) is 30.5 Å². The molecule has 3 atom stereocenters. The van der Waals surface area contributed by atoms with Crippen LogP contribution >= 0.6 is 0 Å². The maximum Gasteiger partial charge on any atom is 0.305 e. The zero-order valence-electron chi connectivity index (χ0n) is 15.4. The van der Waals surface area contributed by atoms with Crippen LogP contribution < -0.4 is 16.4 Å². The van der Waals surface area contributed by atoms with Crippen molar-refractivity contribution in [1.29, 1.82) is 0 Å². The number of benzene rings is 1. The van der Waals surface area contributed by atoms with Gasteiger partial charge < -0.3 is 26.6 Å². The van der Waals surface area contributed by atoms with E-state index in [1.54, 1.807) is 32.9 Å². The van der Waals surface area contributed by atoms with E-state index in [1.807, 2.05) is 5.73 Å². The number of phenols is 1. The second kappa shape index (κ2) is 9.03. The van der Waals surface area contributed by atoms with Crippen molar-refractivity contribution in [3.05, 3.63) is 29.8 Å². The molecule has 0 unspecified atom stereocenters. The van der Waals surface area contributed by atoms with E-state index in [-0.39, 0.29) is 17.7 Å². The molecule has 0 aromatic heterocycles. The van der Waals surface area contributed by atoms with E-state index in [4.69, 9.17) is 6.52 Å². The molecular weight excluding hydrogens is 326 g/mol. The summed E-state index contributed by atoms with van der Waals surface area (Å²) >= 11 is 0. The van der Waals surface area contributed by atoms with Crippen LogP contribution in [0.2, 0.25) is 1.41 Å². The quantitative estimate of drug-likeness (QED) is 0.438. The Kier molecular flexibility index (Phi) is 6.76. The van der Waals surface area contributed by atoms with Gasteiger partial charge in [-0.15, -0.1) is 0 Å². The average molecular weight is 352 g/mol. The molecule has 0 spiro atoms. The van der Waals surface area contributed by atoms with Gasteiger partial charge in [-0.2, -0.15) is 0 Å². The molecule has 138 valence electrons. The van der Waals surface area contributed by atoms with E-state index in [1.165, 1.54) is 12.1 Å². The lowest BCUT2D eigenvalue weighted by Crippen LogP contribution is -2.54. The van der Waals surface area contributed by atoms with E-state index in [9.17, 15) is 19.5 Å². The molecule has 0 saturated heterocycles. The Morgan fingerprint density at radius 2 is 1.72 bits per heavy atom. The van der Waals surface area contributed by atoms with Gasteiger partial charge in [-0.3, -0.25) is 14.4 Å². The first-order valence-electron chi connectivity index (χ1n) is 8.44. The number of aliphatic carboxylic acids is 1. The molecule has 0 fully saturated rings. The Labute approximate surface area is 147 Å². The molecule has 1 aromatic carbocycles. The molecule has 0 radical (unpaired) electrons. The Morgan fingerprint density at radius 1 is 1.12 bits per heavy atom.